The molecule has 2 N–H and O–H groups in total. The van der Waals surface area contributed by atoms with Gasteiger partial charge in [-0.05, 0) is 31.0 Å². The molecule has 138 valence electrons. The molecule has 4 rings (SSSR count). The first kappa shape index (κ1) is 17.0. The van der Waals surface area contributed by atoms with Gasteiger partial charge in [-0.15, -0.1) is 0 Å². The standard InChI is InChI=1S/C18H17N5O4/c24-15-7-6-12(9-14(15)23(26)27)20-18-19-10-11-5-8-16(25)22(17(11)21-18)13-3-1-2-4-13/h5-10,13,24H,1-4H2,(H,19,20,21). The van der Waals surface area contributed by atoms with Crippen molar-refractivity contribution in [1.82, 2.24) is 14.5 Å². The number of phenolic OH excluding ortho intramolecular Hbond substituents is 1. The Morgan fingerprint density at radius 1 is 1.22 bits per heavy atom. The molecule has 0 amide bonds. The lowest BCUT2D eigenvalue weighted by molar-refractivity contribution is -0.385. The van der Waals surface area contributed by atoms with Crippen molar-refractivity contribution in [2.45, 2.75) is 31.7 Å². The fourth-order valence-corrected chi connectivity index (χ4v) is 3.49. The van der Waals surface area contributed by atoms with Gasteiger partial charge in [0.2, 0.25) is 5.95 Å². The molecule has 0 unspecified atom stereocenters. The van der Waals surface area contributed by atoms with Crippen molar-refractivity contribution >= 4 is 28.4 Å². The van der Waals surface area contributed by atoms with Gasteiger partial charge in [0.15, 0.2) is 5.75 Å². The highest BCUT2D eigenvalue weighted by Gasteiger charge is 2.21. The van der Waals surface area contributed by atoms with Gasteiger partial charge in [0.25, 0.3) is 5.56 Å². The van der Waals surface area contributed by atoms with Crippen molar-refractivity contribution in [1.29, 1.82) is 0 Å². The Kier molecular flexibility index (Phi) is 4.19. The van der Waals surface area contributed by atoms with Crippen LogP contribution in [0.1, 0.15) is 31.7 Å². The van der Waals surface area contributed by atoms with Crippen molar-refractivity contribution in [3.05, 3.63) is 57.0 Å². The van der Waals surface area contributed by atoms with Gasteiger partial charge in [0.05, 0.1) is 4.92 Å². The number of rotatable bonds is 4. The zero-order chi connectivity index (χ0) is 19.0. The summed E-state index contributed by atoms with van der Waals surface area (Å²) in [6, 6.07) is 7.27. The smallest absolute Gasteiger partial charge is 0.312 e. The number of nitrogens with one attached hydrogen (secondary N) is 1. The molecule has 9 nitrogen and oxygen atoms in total. The number of pyridine rings is 1. The predicted molar refractivity (Wildman–Crippen MR) is 99.3 cm³/mol. The van der Waals surface area contributed by atoms with Crippen LogP contribution in [0.15, 0.2) is 41.3 Å². The molecule has 2 heterocycles. The van der Waals surface area contributed by atoms with E-state index >= 15 is 0 Å². The van der Waals surface area contributed by atoms with E-state index in [0.717, 1.165) is 31.1 Å². The normalized spacial score (nSPS) is 14.5. The monoisotopic (exact) mass is 367 g/mol. The van der Waals surface area contributed by atoms with E-state index in [-0.39, 0.29) is 17.5 Å². The van der Waals surface area contributed by atoms with Crippen LogP contribution in [0.25, 0.3) is 11.0 Å². The van der Waals surface area contributed by atoms with E-state index in [1.54, 1.807) is 16.8 Å². The maximum absolute atomic E-state index is 12.4. The Morgan fingerprint density at radius 3 is 2.74 bits per heavy atom. The Hall–Kier alpha value is -3.49. The maximum atomic E-state index is 12.4. The summed E-state index contributed by atoms with van der Waals surface area (Å²) in [6.45, 7) is 0. The Balaban J connectivity index is 1.75. The van der Waals surface area contributed by atoms with Gasteiger partial charge in [-0.1, -0.05) is 12.8 Å². The number of aromatic hydroxyl groups is 1. The number of anilines is 2. The van der Waals surface area contributed by atoms with Gasteiger partial charge < -0.3 is 10.4 Å². The van der Waals surface area contributed by atoms with Crippen molar-refractivity contribution in [2.75, 3.05) is 5.32 Å². The molecule has 2 aromatic heterocycles. The largest absolute Gasteiger partial charge is 0.502 e. The van der Waals surface area contributed by atoms with Crippen molar-refractivity contribution in [3.8, 4) is 5.75 Å². The van der Waals surface area contributed by atoms with E-state index < -0.39 is 16.4 Å². The van der Waals surface area contributed by atoms with Crippen LogP contribution in [0.2, 0.25) is 0 Å². The van der Waals surface area contributed by atoms with Gasteiger partial charge in [-0.2, -0.15) is 4.98 Å². The van der Waals surface area contributed by atoms with Gasteiger partial charge in [-0.25, -0.2) is 4.98 Å². The lowest BCUT2D eigenvalue weighted by atomic mass is 10.2. The van der Waals surface area contributed by atoms with E-state index in [1.165, 1.54) is 24.3 Å². The van der Waals surface area contributed by atoms with Gasteiger partial charge in [0, 0.05) is 35.4 Å². The third kappa shape index (κ3) is 3.19. The topological polar surface area (TPSA) is 123 Å². The number of phenols is 1. The average Bonchev–Trinajstić information content (AvgIpc) is 3.17. The second-order valence-corrected chi connectivity index (χ2v) is 6.54. The molecular formula is C18H17N5O4. The van der Waals surface area contributed by atoms with E-state index in [9.17, 15) is 20.0 Å². The fourth-order valence-electron chi connectivity index (χ4n) is 3.49. The first-order valence-electron chi connectivity index (χ1n) is 8.65. The number of nitro groups is 1. The second-order valence-electron chi connectivity index (χ2n) is 6.54. The molecule has 0 spiro atoms. The van der Waals surface area contributed by atoms with Crippen LogP contribution >= 0.6 is 0 Å². The molecule has 1 saturated carbocycles. The van der Waals surface area contributed by atoms with Crippen molar-refractivity contribution in [2.24, 2.45) is 0 Å². The quantitative estimate of drug-likeness (QED) is 0.412. The molecule has 9 heteroatoms. The Morgan fingerprint density at radius 2 is 2.00 bits per heavy atom. The number of nitrogens with zero attached hydrogens (tertiary/aromatic N) is 4. The van der Waals surface area contributed by atoms with E-state index in [2.05, 4.69) is 15.3 Å². The number of fused-ring (bicyclic) bond motifs is 1. The minimum atomic E-state index is -0.667. The number of hydrogen-bond donors (Lipinski definition) is 2. The zero-order valence-corrected chi connectivity index (χ0v) is 14.3. The molecule has 0 atom stereocenters. The van der Waals surface area contributed by atoms with Crippen LogP contribution in [0, 0.1) is 10.1 Å². The Labute approximate surface area is 153 Å². The average molecular weight is 367 g/mol. The van der Waals surface area contributed by atoms with Crippen LogP contribution in [0.4, 0.5) is 17.3 Å². The molecule has 1 aromatic carbocycles. The van der Waals surface area contributed by atoms with E-state index in [1.807, 2.05) is 0 Å². The number of aromatic nitrogens is 3. The molecule has 1 fully saturated rings. The minimum absolute atomic E-state index is 0.0979. The SMILES string of the molecule is O=c1ccc2cnc(Nc3ccc(O)c([N+](=O)[O-])c3)nc2n1C1CCCC1. The fraction of sp³-hybridized carbons (Fsp3) is 0.278. The highest BCUT2D eigenvalue weighted by molar-refractivity contribution is 5.76. The van der Waals surface area contributed by atoms with Crippen molar-refractivity contribution in [3.63, 3.8) is 0 Å². The van der Waals surface area contributed by atoms with Crippen LogP contribution in [-0.4, -0.2) is 24.6 Å². The van der Waals surface area contributed by atoms with Crippen LogP contribution in [-0.2, 0) is 0 Å². The highest BCUT2D eigenvalue weighted by atomic mass is 16.6. The molecule has 1 aliphatic rings. The highest BCUT2D eigenvalue weighted by Crippen LogP contribution is 2.31. The lowest BCUT2D eigenvalue weighted by Crippen LogP contribution is -2.23. The summed E-state index contributed by atoms with van der Waals surface area (Å²) in [5, 5.41) is 24.2. The second kappa shape index (κ2) is 6.67. The summed E-state index contributed by atoms with van der Waals surface area (Å²) in [7, 11) is 0. The molecule has 1 aliphatic carbocycles. The summed E-state index contributed by atoms with van der Waals surface area (Å²) >= 11 is 0. The third-order valence-electron chi connectivity index (χ3n) is 4.79. The first-order chi connectivity index (χ1) is 13.0. The Bertz CT molecular complexity index is 1090. The molecule has 0 bridgehead atoms. The lowest BCUT2D eigenvalue weighted by Gasteiger charge is -2.16. The summed E-state index contributed by atoms with van der Waals surface area (Å²) in [5.74, 6) is -0.195. The van der Waals surface area contributed by atoms with Crippen molar-refractivity contribution < 1.29 is 10.0 Å². The number of benzene rings is 1. The summed E-state index contributed by atoms with van der Waals surface area (Å²) in [5.41, 5.74) is 0.396. The predicted octanol–water partition coefficient (Wildman–Crippen LogP) is 3.26. The summed E-state index contributed by atoms with van der Waals surface area (Å²) in [6.07, 6.45) is 5.66. The van der Waals surface area contributed by atoms with Gasteiger partial charge in [-0.3, -0.25) is 19.5 Å². The molecule has 0 radical (unpaired) electrons. The van der Waals surface area contributed by atoms with Gasteiger partial charge >= 0.3 is 5.69 Å². The molecule has 0 saturated heterocycles. The first-order valence-corrected chi connectivity index (χ1v) is 8.65. The molecule has 3 aromatic rings. The molecule has 0 aliphatic heterocycles. The zero-order valence-electron chi connectivity index (χ0n) is 14.3. The summed E-state index contributed by atoms with van der Waals surface area (Å²) in [4.78, 5) is 31.4. The van der Waals surface area contributed by atoms with E-state index in [4.69, 9.17) is 0 Å². The molecular weight excluding hydrogens is 350 g/mol. The molecule has 27 heavy (non-hydrogen) atoms. The van der Waals surface area contributed by atoms with Crippen LogP contribution in [0.5, 0.6) is 5.75 Å². The van der Waals surface area contributed by atoms with Crippen LogP contribution in [0.3, 0.4) is 0 Å². The maximum Gasteiger partial charge on any atom is 0.312 e. The van der Waals surface area contributed by atoms with Crippen LogP contribution < -0.4 is 10.9 Å². The van der Waals surface area contributed by atoms with Gasteiger partial charge in [0.1, 0.15) is 5.65 Å². The third-order valence-corrected chi connectivity index (χ3v) is 4.79. The minimum Gasteiger partial charge on any atom is -0.502 e. The number of nitro benzene ring substituents is 1. The number of hydrogen-bond acceptors (Lipinski definition) is 7. The van der Waals surface area contributed by atoms with E-state index in [0.29, 0.717) is 11.3 Å². The summed E-state index contributed by atoms with van der Waals surface area (Å²) < 4.78 is 1.72.